The summed E-state index contributed by atoms with van der Waals surface area (Å²) in [5.41, 5.74) is 2.59. The second-order valence-electron chi connectivity index (χ2n) is 5.42. The second kappa shape index (κ2) is 5.31. The molecule has 4 heteroatoms. The molecule has 4 nitrogen and oxygen atoms in total. The van der Waals surface area contributed by atoms with Crippen LogP contribution >= 0.6 is 0 Å². The molecule has 3 rings (SSSR count). The Morgan fingerprint density at radius 3 is 2.32 bits per heavy atom. The molecule has 1 N–H and O–H groups in total. The van der Waals surface area contributed by atoms with Gasteiger partial charge in [0.2, 0.25) is 5.91 Å². The molecule has 0 spiro atoms. The predicted octanol–water partition coefficient (Wildman–Crippen LogP) is 0.823. The Balaban J connectivity index is 1.65. The molecule has 0 saturated carbocycles. The molecule has 2 aliphatic rings. The maximum absolute atomic E-state index is 12.6. The second-order valence-corrected chi connectivity index (χ2v) is 5.42. The van der Waals surface area contributed by atoms with Gasteiger partial charge in [-0.25, -0.2) is 0 Å². The van der Waals surface area contributed by atoms with Crippen molar-refractivity contribution in [2.24, 2.45) is 0 Å². The number of fused-ring (bicyclic) bond motifs is 1. The molecular weight excluding hydrogens is 238 g/mol. The molecule has 2 heterocycles. The number of amides is 1. The van der Waals surface area contributed by atoms with Gasteiger partial charge in [-0.3, -0.25) is 9.69 Å². The van der Waals surface area contributed by atoms with Crippen LogP contribution in [-0.4, -0.2) is 47.9 Å². The molecule has 1 saturated heterocycles. The molecule has 2 aliphatic heterocycles. The number of piperazine rings is 1. The third-order valence-corrected chi connectivity index (χ3v) is 4.21. The van der Waals surface area contributed by atoms with Gasteiger partial charge in [-0.1, -0.05) is 24.3 Å². The average molecular weight is 259 g/mol. The van der Waals surface area contributed by atoms with E-state index in [2.05, 4.69) is 22.3 Å². The van der Waals surface area contributed by atoms with E-state index in [1.807, 2.05) is 24.0 Å². The van der Waals surface area contributed by atoms with Gasteiger partial charge in [-0.2, -0.15) is 0 Å². The van der Waals surface area contributed by atoms with Crippen LogP contribution in [0, 0.1) is 0 Å². The minimum absolute atomic E-state index is 0.00332. The van der Waals surface area contributed by atoms with Crippen molar-refractivity contribution < 1.29 is 4.79 Å². The predicted molar refractivity (Wildman–Crippen MR) is 74.6 cm³/mol. The summed E-state index contributed by atoms with van der Waals surface area (Å²) < 4.78 is 0. The quantitative estimate of drug-likeness (QED) is 0.854. The number of carbonyl (C=O) groups is 1. The zero-order chi connectivity index (χ0) is 13.2. The van der Waals surface area contributed by atoms with Crippen molar-refractivity contribution in [2.45, 2.75) is 26.1 Å². The first kappa shape index (κ1) is 12.6. The van der Waals surface area contributed by atoms with E-state index in [-0.39, 0.29) is 11.9 Å². The number of nitrogens with zero attached hydrogens (tertiary/aromatic N) is 2. The van der Waals surface area contributed by atoms with Gasteiger partial charge in [0.25, 0.3) is 0 Å². The summed E-state index contributed by atoms with van der Waals surface area (Å²) in [6.45, 7) is 7.48. The summed E-state index contributed by atoms with van der Waals surface area (Å²) in [6, 6.07) is 8.34. The number of nitrogens with one attached hydrogen (secondary N) is 1. The smallest absolute Gasteiger partial charge is 0.240 e. The average Bonchev–Trinajstić information content (AvgIpc) is 2.90. The van der Waals surface area contributed by atoms with Crippen LogP contribution in [0.1, 0.15) is 18.1 Å². The van der Waals surface area contributed by atoms with E-state index in [9.17, 15) is 4.79 Å². The van der Waals surface area contributed by atoms with E-state index in [0.29, 0.717) is 0 Å². The first-order valence-corrected chi connectivity index (χ1v) is 7.06. The molecule has 0 aromatic heterocycles. The van der Waals surface area contributed by atoms with E-state index in [0.717, 1.165) is 39.3 Å². The maximum atomic E-state index is 12.6. The highest BCUT2D eigenvalue weighted by molar-refractivity contribution is 5.82. The number of benzene rings is 1. The first-order valence-electron chi connectivity index (χ1n) is 7.06. The number of hydrogen-bond donors (Lipinski definition) is 1. The third-order valence-electron chi connectivity index (χ3n) is 4.21. The van der Waals surface area contributed by atoms with E-state index < -0.39 is 0 Å². The van der Waals surface area contributed by atoms with Gasteiger partial charge in [-0.05, 0) is 18.1 Å². The monoisotopic (exact) mass is 259 g/mol. The Bertz CT molecular complexity index is 443. The standard InChI is InChI=1S/C15H21N3O/c1-12(17-8-6-16-7-9-17)15(19)18-10-13-4-2-3-5-14(13)11-18/h2-5,12,16H,6-11H2,1H3. The van der Waals surface area contributed by atoms with Crippen molar-refractivity contribution in [3.05, 3.63) is 35.4 Å². The van der Waals surface area contributed by atoms with Crippen molar-refractivity contribution in [3.8, 4) is 0 Å². The molecule has 0 radical (unpaired) electrons. The fourth-order valence-electron chi connectivity index (χ4n) is 2.98. The molecule has 1 aromatic rings. The summed E-state index contributed by atoms with van der Waals surface area (Å²) in [5.74, 6) is 0.262. The Kier molecular flexibility index (Phi) is 3.53. The zero-order valence-corrected chi connectivity index (χ0v) is 11.4. The Morgan fingerprint density at radius 1 is 1.16 bits per heavy atom. The molecule has 102 valence electrons. The van der Waals surface area contributed by atoms with Crippen LogP contribution in [0.15, 0.2) is 24.3 Å². The van der Waals surface area contributed by atoms with Gasteiger partial charge >= 0.3 is 0 Å². The van der Waals surface area contributed by atoms with Gasteiger partial charge in [0.15, 0.2) is 0 Å². The van der Waals surface area contributed by atoms with Crippen molar-refractivity contribution in [2.75, 3.05) is 26.2 Å². The fraction of sp³-hybridized carbons (Fsp3) is 0.533. The van der Waals surface area contributed by atoms with Crippen LogP contribution in [0.4, 0.5) is 0 Å². The molecule has 0 bridgehead atoms. The highest BCUT2D eigenvalue weighted by Gasteiger charge is 2.30. The zero-order valence-electron chi connectivity index (χ0n) is 11.4. The minimum atomic E-state index is -0.00332. The van der Waals surface area contributed by atoms with Gasteiger partial charge in [0, 0.05) is 39.3 Å². The van der Waals surface area contributed by atoms with Gasteiger partial charge in [-0.15, -0.1) is 0 Å². The minimum Gasteiger partial charge on any atom is -0.333 e. The largest absolute Gasteiger partial charge is 0.333 e. The highest BCUT2D eigenvalue weighted by Crippen LogP contribution is 2.23. The molecule has 1 unspecified atom stereocenters. The van der Waals surface area contributed by atoms with Gasteiger partial charge < -0.3 is 10.2 Å². The van der Waals surface area contributed by atoms with Gasteiger partial charge in [0.1, 0.15) is 0 Å². The van der Waals surface area contributed by atoms with E-state index in [1.54, 1.807) is 0 Å². The number of rotatable bonds is 2. The van der Waals surface area contributed by atoms with Crippen LogP contribution in [0.3, 0.4) is 0 Å². The summed E-state index contributed by atoms with van der Waals surface area (Å²) in [4.78, 5) is 16.8. The fourth-order valence-corrected chi connectivity index (χ4v) is 2.98. The summed E-state index contributed by atoms with van der Waals surface area (Å²) in [6.07, 6.45) is 0. The Morgan fingerprint density at radius 2 is 1.74 bits per heavy atom. The molecule has 1 atom stereocenters. The van der Waals surface area contributed by atoms with Crippen molar-refractivity contribution in [3.63, 3.8) is 0 Å². The van der Waals surface area contributed by atoms with Gasteiger partial charge in [0.05, 0.1) is 6.04 Å². The van der Waals surface area contributed by atoms with E-state index in [4.69, 9.17) is 0 Å². The lowest BCUT2D eigenvalue weighted by Crippen LogP contribution is -2.52. The van der Waals surface area contributed by atoms with Crippen LogP contribution in [0.25, 0.3) is 0 Å². The van der Waals surface area contributed by atoms with Crippen LogP contribution in [0.2, 0.25) is 0 Å². The van der Waals surface area contributed by atoms with Crippen molar-refractivity contribution in [1.82, 2.24) is 15.1 Å². The van der Waals surface area contributed by atoms with Crippen LogP contribution in [0.5, 0.6) is 0 Å². The lowest BCUT2D eigenvalue weighted by atomic mass is 10.1. The molecule has 1 aromatic carbocycles. The molecule has 0 aliphatic carbocycles. The van der Waals surface area contributed by atoms with E-state index >= 15 is 0 Å². The maximum Gasteiger partial charge on any atom is 0.240 e. The topological polar surface area (TPSA) is 35.6 Å². The van der Waals surface area contributed by atoms with Crippen molar-refractivity contribution >= 4 is 5.91 Å². The summed E-state index contributed by atoms with van der Waals surface area (Å²) in [7, 11) is 0. The Labute approximate surface area is 114 Å². The SMILES string of the molecule is CC(C(=O)N1Cc2ccccc2C1)N1CCNCC1. The molecular formula is C15H21N3O. The normalized spacial score (nSPS) is 21.2. The Hall–Kier alpha value is -1.39. The molecule has 19 heavy (non-hydrogen) atoms. The molecule has 1 fully saturated rings. The number of hydrogen-bond acceptors (Lipinski definition) is 3. The van der Waals surface area contributed by atoms with Crippen LogP contribution in [-0.2, 0) is 17.9 Å². The summed E-state index contributed by atoms with van der Waals surface area (Å²) in [5, 5.41) is 3.33. The third kappa shape index (κ3) is 2.51. The number of carbonyl (C=O) groups excluding carboxylic acids is 1. The lowest BCUT2D eigenvalue weighted by Gasteiger charge is -2.33. The highest BCUT2D eigenvalue weighted by atomic mass is 16.2. The van der Waals surface area contributed by atoms with E-state index in [1.165, 1.54) is 11.1 Å². The van der Waals surface area contributed by atoms with Crippen molar-refractivity contribution in [1.29, 1.82) is 0 Å². The molecule has 1 amide bonds. The van der Waals surface area contributed by atoms with Crippen LogP contribution < -0.4 is 5.32 Å². The summed E-state index contributed by atoms with van der Waals surface area (Å²) >= 11 is 0. The lowest BCUT2D eigenvalue weighted by molar-refractivity contribution is -0.137. The first-order chi connectivity index (χ1) is 9.25.